The summed E-state index contributed by atoms with van der Waals surface area (Å²) in [6.07, 6.45) is 3.34. The average Bonchev–Trinajstić information content (AvgIpc) is 2.52. The van der Waals surface area contributed by atoms with Gasteiger partial charge in [0.25, 0.3) is 5.91 Å². The summed E-state index contributed by atoms with van der Waals surface area (Å²) in [4.78, 5) is 26.1. The van der Waals surface area contributed by atoms with Crippen LogP contribution in [-0.2, 0) is 4.79 Å². The molecule has 0 saturated carbocycles. The molecule has 0 aliphatic carbocycles. The quantitative estimate of drug-likeness (QED) is 0.726. The molecule has 1 aliphatic heterocycles. The van der Waals surface area contributed by atoms with E-state index in [-0.39, 0.29) is 11.8 Å². The molecule has 19 heavy (non-hydrogen) atoms. The Morgan fingerprint density at radius 1 is 1.05 bits per heavy atom. The third-order valence-corrected chi connectivity index (χ3v) is 3.71. The number of aryl methyl sites for hydroxylation is 3. The number of benzene rings is 1. The van der Waals surface area contributed by atoms with E-state index in [0.29, 0.717) is 18.5 Å². The second kappa shape index (κ2) is 5.55. The number of carbonyl (C=O) groups is 2. The van der Waals surface area contributed by atoms with Gasteiger partial charge in [-0.05, 0) is 44.7 Å². The van der Waals surface area contributed by atoms with Gasteiger partial charge in [-0.1, -0.05) is 24.1 Å². The molecule has 0 unspecified atom stereocenters. The molecule has 1 aliphatic rings. The Bertz CT molecular complexity index is 496. The second-order valence-electron chi connectivity index (χ2n) is 5.43. The number of nitrogens with zero attached hydrogens (tertiary/aromatic N) is 1. The van der Waals surface area contributed by atoms with E-state index in [4.69, 9.17) is 0 Å². The van der Waals surface area contributed by atoms with E-state index in [9.17, 15) is 9.59 Å². The minimum atomic E-state index is -0.123. The Morgan fingerprint density at radius 2 is 1.68 bits per heavy atom. The summed E-state index contributed by atoms with van der Waals surface area (Å²) in [5.41, 5.74) is 3.76. The number of amides is 2. The molecule has 3 nitrogen and oxygen atoms in total. The third-order valence-electron chi connectivity index (χ3n) is 3.71. The van der Waals surface area contributed by atoms with Crippen molar-refractivity contribution in [3.63, 3.8) is 0 Å². The van der Waals surface area contributed by atoms with Gasteiger partial charge in [0.1, 0.15) is 0 Å². The maximum absolute atomic E-state index is 12.6. The van der Waals surface area contributed by atoms with Crippen molar-refractivity contribution in [1.82, 2.24) is 4.90 Å². The standard InChI is InChI=1S/C16H21NO2/c1-11-9-12(2)15(13(3)10-11)16(19)17-8-6-4-5-7-14(17)18/h9-10H,4-8H2,1-3H3. The van der Waals surface area contributed by atoms with Crippen molar-refractivity contribution in [2.75, 3.05) is 6.54 Å². The summed E-state index contributed by atoms with van der Waals surface area (Å²) in [6, 6.07) is 4.01. The first kappa shape index (κ1) is 13.8. The summed E-state index contributed by atoms with van der Waals surface area (Å²) in [5.74, 6) is -0.149. The van der Waals surface area contributed by atoms with Crippen LogP contribution in [0.5, 0.6) is 0 Å². The van der Waals surface area contributed by atoms with E-state index in [1.165, 1.54) is 4.90 Å². The van der Waals surface area contributed by atoms with Crippen LogP contribution in [0.1, 0.15) is 52.7 Å². The van der Waals surface area contributed by atoms with E-state index in [2.05, 4.69) is 0 Å². The fraction of sp³-hybridized carbons (Fsp3) is 0.500. The average molecular weight is 259 g/mol. The number of hydrogen-bond donors (Lipinski definition) is 0. The minimum Gasteiger partial charge on any atom is -0.279 e. The van der Waals surface area contributed by atoms with Crippen molar-refractivity contribution in [3.05, 3.63) is 34.4 Å². The van der Waals surface area contributed by atoms with Gasteiger partial charge in [-0.25, -0.2) is 0 Å². The predicted molar refractivity (Wildman–Crippen MR) is 75.2 cm³/mol. The third kappa shape index (κ3) is 2.86. The molecule has 3 heteroatoms. The summed E-state index contributed by atoms with van der Waals surface area (Å²) >= 11 is 0. The first-order chi connectivity index (χ1) is 9.00. The maximum Gasteiger partial charge on any atom is 0.260 e. The molecule has 0 radical (unpaired) electrons. The molecule has 102 valence electrons. The Balaban J connectivity index is 2.35. The van der Waals surface area contributed by atoms with E-state index >= 15 is 0 Å². The van der Waals surface area contributed by atoms with Gasteiger partial charge in [-0.2, -0.15) is 0 Å². The lowest BCUT2D eigenvalue weighted by atomic mass is 9.98. The zero-order valence-electron chi connectivity index (χ0n) is 12.0. The van der Waals surface area contributed by atoms with Crippen LogP contribution in [0.4, 0.5) is 0 Å². The normalized spacial score (nSPS) is 16.4. The number of imide groups is 1. The van der Waals surface area contributed by atoms with E-state index in [1.54, 1.807) is 0 Å². The molecule has 1 aromatic carbocycles. The maximum atomic E-state index is 12.6. The fourth-order valence-electron chi connectivity index (χ4n) is 2.85. The molecular formula is C16H21NO2. The molecule has 2 amide bonds. The number of hydrogen-bond acceptors (Lipinski definition) is 2. The molecule has 0 spiro atoms. The number of likely N-dealkylation sites (tertiary alicyclic amines) is 1. The van der Waals surface area contributed by atoms with Crippen molar-refractivity contribution in [2.24, 2.45) is 0 Å². The lowest BCUT2D eigenvalue weighted by Gasteiger charge is -2.21. The highest BCUT2D eigenvalue weighted by molar-refractivity contribution is 6.06. The van der Waals surface area contributed by atoms with Gasteiger partial charge in [-0.3, -0.25) is 14.5 Å². The van der Waals surface area contributed by atoms with Crippen molar-refractivity contribution in [3.8, 4) is 0 Å². The molecule has 1 fully saturated rings. The summed E-state index contributed by atoms with van der Waals surface area (Å²) in [7, 11) is 0. The molecule has 0 bridgehead atoms. The molecule has 1 aromatic rings. The molecule has 1 saturated heterocycles. The van der Waals surface area contributed by atoms with Crippen molar-refractivity contribution in [1.29, 1.82) is 0 Å². The highest BCUT2D eigenvalue weighted by atomic mass is 16.2. The molecule has 0 N–H and O–H groups in total. The SMILES string of the molecule is Cc1cc(C)c(C(=O)N2CCCCCC2=O)c(C)c1. The Labute approximate surface area is 114 Å². The Morgan fingerprint density at radius 3 is 2.32 bits per heavy atom. The van der Waals surface area contributed by atoms with Crippen LogP contribution in [-0.4, -0.2) is 23.3 Å². The van der Waals surface area contributed by atoms with E-state index in [1.807, 2.05) is 32.9 Å². The van der Waals surface area contributed by atoms with Crippen LogP contribution in [0.2, 0.25) is 0 Å². The molecule has 0 atom stereocenters. The summed E-state index contributed by atoms with van der Waals surface area (Å²) in [6.45, 7) is 6.46. The van der Waals surface area contributed by atoms with Gasteiger partial charge in [0.05, 0.1) is 0 Å². The molecule has 0 aromatic heterocycles. The van der Waals surface area contributed by atoms with E-state index in [0.717, 1.165) is 36.0 Å². The highest BCUT2D eigenvalue weighted by Crippen LogP contribution is 2.21. The topological polar surface area (TPSA) is 37.4 Å². The van der Waals surface area contributed by atoms with Crippen LogP contribution in [0, 0.1) is 20.8 Å². The van der Waals surface area contributed by atoms with Gasteiger partial charge in [0.2, 0.25) is 5.91 Å². The molecular weight excluding hydrogens is 238 g/mol. The van der Waals surface area contributed by atoms with Crippen molar-refractivity contribution in [2.45, 2.75) is 46.5 Å². The second-order valence-corrected chi connectivity index (χ2v) is 5.43. The van der Waals surface area contributed by atoms with Gasteiger partial charge in [0.15, 0.2) is 0 Å². The van der Waals surface area contributed by atoms with Crippen LogP contribution in [0.25, 0.3) is 0 Å². The van der Waals surface area contributed by atoms with E-state index < -0.39 is 0 Å². The van der Waals surface area contributed by atoms with Crippen LogP contribution in [0.15, 0.2) is 12.1 Å². The van der Waals surface area contributed by atoms with Crippen LogP contribution >= 0.6 is 0 Å². The first-order valence-corrected chi connectivity index (χ1v) is 6.93. The Hall–Kier alpha value is -1.64. The van der Waals surface area contributed by atoms with Gasteiger partial charge in [-0.15, -0.1) is 0 Å². The monoisotopic (exact) mass is 259 g/mol. The van der Waals surface area contributed by atoms with Crippen LogP contribution in [0.3, 0.4) is 0 Å². The first-order valence-electron chi connectivity index (χ1n) is 6.93. The van der Waals surface area contributed by atoms with Gasteiger partial charge in [0, 0.05) is 18.5 Å². The van der Waals surface area contributed by atoms with Crippen LogP contribution < -0.4 is 0 Å². The predicted octanol–water partition coefficient (Wildman–Crippen LogP) is 3.15. The summed E-state index contributed by atoms with van der Waals surface area (Å²) < 4.78 is 0. The smallest absolute Gasteiger partial charge is 0.260 e. The zero-order valence-corrected chi connectivity index (χ0v) is 12.0. The number of carbonyl (C=O) groups excluding carboxylic acids is 2. The van der Waals surface area contributed by atoms with Gasteiger partial charge < -0.3 is 0 Å². The van der Waals surface area contributed by atoms with Gasteiger partial charge >= 0.3 is 0 Å². The minimum absolute atomic E-state index is 0.0260. The fourth-order valence-corrected chi connectivity index (χ4v) is 2.85. The summed E-state index contributed by atoms with van der Waals surface area (Å²) in [5, 5.41) is 0. The lowest BCUT2D eigenvalue weighted by Crippen LogP contribution is -2.37. The molecule has 1 heterocycles. The van der Waals surface area contributed by atoms with Crippen molar-refractivity contribution >= 4 is 11.8 Å². The zero-order chi connectivity index (χ0) is 14.0. The van der Waals surface area contributed by atoms with Crippen molar-refractivity contribution < 1.29 is 9.59 Å². The highest BCUT2D eigenvalue weighted by Gasteiger charge is 2.26. The largest absolute Gasteiger partial charge is 0.279 e. The molecule has 2 rings (SSSR count). The Kier molecular flexibility index (Phi) is 4.03. The number of rotatable bonds is 1. The lowest BCUT2D eigenvalue weighted by molar-refractivity contribution is -0.128.